The van der Waals surface area contributed by atoms with Crippen LogP contribution in [0.2, 0.25) is 0 Å². The van der Waals surface area contributed by atoms with E-state index in [1.54, 1.807) is 6.20 Å². The van der Waals surface area contributed by atoms with Crippen molar-refractivity contribution in [2.45, 2.75) is 46.7 Å². The molecule has 1 aromatic carbocycles. The molecule has 0 spiro atoms. The van der Waals surface area contributed by atoms with E-state index in [0.29, 0.717) is 5.92 Å². The highest BCUT2D eigenvalue weighted by Crippen LogP contribution is 2.18. The number of imidazole rings is 1. The van der Waals surface area contributed by atoms with E-state index in [1.807, 2.05) is 24.7 Å². The molecule has 1 unspecified atom stereocenters. The molecule has 6 nitrogen and oxygen atoms in total. The summed E-state index contributed by atoms with van der Waals surface area (Å²) in [4.78, 5) is 8.74. The van der Waals surface area contributed by atoms with Crippen molar-refractivity contribution in [3.05, 3.63) is 48.5 Å². The molecule has 0 saturated carbocycles. The van der Waals surface area contributed by atoms with Gasteiger partial charge >= 0.3 is 0 Å². The predicted octanol–water partition coefficient (Wildman–Crippen LogP) is 3.62. The van der Waals surface area contributed by atoms with Crippen LogP contribution >= 0.6 is 0 Å². The van der Waals surface area contributed by atoms with Gasteiger partial charge in [-0.1, -0.05) is 26.0 Å². The molecular weight excluding hydrogens is 338 g/mol. The highest BCUT2D eigenvalue weighted by Gasteiger charge is 2.08. The van der Waals surface area contributed by atoms with Crippen LogP contribution in [0.5, 0.6) is 5.75 Å². The maximum atomic E-state index is 5.75. The maximum absolute atomic E-state index is 5.75. The van der Waals surface area contributed by atoms with Crippen molar-refractivity contribution in [3.63, 3.8) is 0 Å². The summed E-state index contributed by atoms with van der Waals surface area (Å²) in [6.45, 7) is 11.8. The zero-order valence-electron chi connectivity index (χ0n) is 17.0. The summed E-state index contributed by atoms with van der Waals surface area (Å²) in [5, 5.41) is 6.79. The summed E-state index contributed by atoms with van der Waals surface area (Å²) in [7, 11) is 0. The third kappa shape index (κ3) is 7.72. The standard InChI is InChI=1S/C21H33N5O/c1-5-23-21(24-11-6-13-26-14-12-22-16-26)25-18(4)19-7-9-20(10-8-19)27-15-17(2)3/h7-10,12,14,16-18H,5-6,11,13,15H2,1-4H3,(H2,23,24,25). The SMILES string of the molecule is CCNC(=NCCCn1ccnc1)NC(C)c1ccc(OCC(C)C)cc1. The fourth-order valence-corrected chi connectivity index (χ4v) is 2.59. The second-order valence-corrected chi connectivity index (χ2v) is 7.05. The number of hydrogen-bond acceptors (Lipinski definition) is 3. The van der Waals surface area contributed by atoms with E-state index in [-0.39, 0.29) is 6.04 Å². The molecule has 148 valence electrons. The molecular formula is C21H33N5O. The van der Waals surface area contributed by atoms with Crippen molar-refractivity contribution in [2.24, 2.45) is 10.9 Å². The minimum absolute atomic E-state index is 0.163. The van der Waals surface area contributed by atoms with Gasteiger partial charge in [0.2, 0.25) is 0 Å². The lowest BCUT2D eigenvalue weighted by molar-refractivity contribution is 0.271. The van der Waals surface area contributed by atoms with Crippen LogP contribution < -0.4 is 15.4 Å². The molecule has 6 heteroatoms. The first-order chi connectivity index (χ1) is 13.1. The fourth-order valence-electron chi connectivity index (χ4n) is 2.59. The van der Waals surface area contributed by atoms with Crippen LogP contribution in [0.4, 0.5) is 0 Å². The Hall–Kier alpha value is -2.50. The van der Waals surface area contributed by atoms with E-state index in [0.717, 1.165) is 44.4 Å². The number of nitrogens with one attached hydrogen (secondary N) is 2. The van der Waals surface area contributed by atoms with E-state index in [2.05, 4.69) is 65.0 Å². The molecule has 1 heterocycles. The average Bonchev–Trinajstić information content (AvgIpc) is 3.17. The first-order valence-electron chi connectivity index (χ1n) is 9.81. The van der Waals surface area contributed by atoms with Gasteiger partial charge < -0.3 is 19.9 Å². The van der Waals surface area contributed by atoms with Crippen molar-refractivity contribution in [2.75, 3.05) is 19.7 Å². The Morgan fingerprint density at radius 2 is 2.00 bits per heavy atom. The average molecular weight is 372 g/mol. The summed E-state index contributed by atoms with van der Waals surface area (Å²) >= 11 is 0. The number of guanidine groups is 1. The molecule has 0 aliphatic rings. The number of benzene rings is 1. The van der Waals surface area contributed by atoms with Gasteiger partial charge in [-0.2, -0.15) is 0 Å². The van der Waals surface area contributed by atoms with Crippen molar-refractivity contribution in [1.29, 1.82) is 0 Å². The summed E-state index contributed by atoms with van der Waals surface area (Å²) < 4.78 is 7.83. The molecule has 0 bridgehead atoms. The number of hydrogen-bond donors (Lipinski definition) is 2. The predicted molar refractivity (Wildman–Crippen MR) is 111 cm³/mol. The molecule has 0 aliphatic heterocycles. The Bertz CT molecular complexity index is 664. The molecule has 0 aliphatic carbocycles. The quantitative estimate of drug-likeness (QED) is 0.380. The van der Waals surface area contributed by atoms with Crippen LogP contribution in [0.15, 0.2) is 48.0 Å². The Morgan fingerprint density at radius 3 is 2.63 bits per heavy atom. The minimum atomic E-state index is 0.163. The van der Waals surface area contributed by atoms with Gasteiger partial charge in [0.15, 0.2) is 5.96 Å². The van der Waals surface area contributed by atoms with E-state index in [1.165, 1.54) is 5.56 Å². The lowest BCUT2D eigenvalue weighted by Gasteiger charge is -2.19. The van der Waals surface area contributed by atoms with Crippen LogP contribution in [-0.4, -0.2) is 35.2 Å². The van der Waals surface area contributed by atoms with Crippen LogP contribution in [0.3, 0.4) is 0 Å². The minimum Gasteiger partial charge on any atom is -0.493 e. The monoisotopic (exact) mass is 371 g/mol. The Labute approximate surface area is 163 Å². The molecule has 27 heavy (non-hydrogen) atoms. The molecule has 2 rings (SSSR count). The highest BCUT2D eigenvalue weighted by molar-refractivity contribution is 5.80. The van der Waals surface area contributed by atoms with Gasteiger partial charge in [-0.3, -0.25) is 4.99 Å². The van der Waals surface area contributed by atoms with E-state index < -0.39 is 0 Å². The third-order valence-electron chi connectivity index (χ3n) is 4.06. The van der Waals surface area contributed by atoms with E-state index in [4.69, 9.17) is 4.74 Å². The smallest absolute Gasteiger partial charge is 0.191 e. The molecule has 2 N–H and O–H groups in total. The maximum Gasteiger partial charge on any atom is 0.191 e. The molecule has 0 saturated heterocycles. The summed E-state index contributed by atoms with van der Waals surface area (Å²) in [5.74, 6) is 2.29. The number of aryl methyl sites for hydroxylation is 1. The van der Waals surface area contributed by atoms with Crippen molar-refractivity contribution in [3.8, 4) is 5.75 Å². The summed E-state index contributed by atoms with van der Waals surface area (Å²) in [6, 6.07) is 8.44. The number of aliphatic imine (C=N–C) groups is 1. The van der Waals surface area contributed by atoms with Crippen molar-refractivity contribution >= 4 is 5.96 Å². The zero-order chi connectivity index (χ0) is 19.5. The molecule has 1 atom stereocenters. The van der Waals surface area contributed by atoms with E-state index in [9.17, 15) is 0 Å². The molecule has 0 fully saturated rings. The molecule has 2 aromatic rings. The number of rotatable bonds is 10. The van der Waals surface area contributed by atoms with Gasteiger partial charge in [0.25, 0.3) is 0 Å². The lowest BCUT2D eigenvalue weighted by atomic mass is 10.1. The normalized spacial score (nSPS) is 12.9. The fraction of sp³-hybridized carbons (Fsp3) is 0.524. The largest absolute Gasteiger partial charge is 0.493 e. The highest BCUT2D eigenvalue weighted by atomic mass is 16.5. The Morgan fingerprint density at radius 1 is 1.22 bits per heavy atom. The summed E-state index contributed by atoms with van der Waals surface area (Å²) in [5.41, 5.74) is 1.20. The van der Waals surface area contributed by atoms with Gasteiger partial charge in [-0.25, -0.2) is 4.98 Å². The van der Waals surface area contributed by atoms with E-state index >= 15 is 0 Å². The van der Waals surface area contributed by atoms with Gasteiger partial charge in [-0.05, 0) is 43.9 Å². The second kappa shape index (κ2) is 11.3. The number of aromatic nitrogens is 2. The molecule has 0 radical (unpaired) electrons. The Balaban J connectivity index is 1.85. The van der Waals surface area contributed by atoms with Crippen molar-refractivity contribution in [1.82, 2.24) is 20.2 Å². The second-order valence-electron chi connectivity index (χ2n) is 7.05. The van der Waals surface area contributed by atoms with Gasteiger partial charge in [0.1, 0.15) is 5.75 Å². The first kappa shape index (κ1) is 20.8. The lowest BCUT2D eigenvalue weighted by Crippen LogP contribution is -2.38. The third-order valence-corrected chi connectivity index (χ3v) is 4.06. The first-order valence-corrected chi connectivity index (χ1v) is 9.81. The summed E-state index contributed by atoms with van der Waals surface area (Å²) in [6.07, 6.45) is 6.59. The van der Waals surface area contributed by atoms with Crippen molar-refractivity contribution < 1.29 is 4.74 Å². The zero-order valence-corrected chi connectivity index (χ0v) is 17.0. The number of nitrogens with zero attached hydrogens (tertiary/aromatic N) is 3. The van der Waals surface area contributed by atoms with Gasteiger partial charge in [0, 0.05) is 32.0 Å². The van der Waals surface area contributed by atoms with Gasteiger partial charge in [0.05, 0.1) is 19.0 Å². The Kier molecular flexibility index (Phi) is 8.68. The molecule has 0 amide bonds. The number of ether oxygens (including phenoxy) is 1. The van der Waals surface area contributed by atoms with Crippen LogP contribution in [0.25, 0.3) is 0 Å². The van der Waals surface area contributed by atoms with Crippen LogP contribution in [0.1, 0.15) is 45.7 Å². The van der Waals surface area contributed by atoms with Crippen LogP contribution in [-0.2, 0) is 6.54 Å². The topological polar surface area (TPSA) is 63.5 Å². The molecule has 1 aromatic heterocycles. The van der Waals surface area contributed by atoms with Crippen LogP contribution in [0, 0.1) is 5.92 Å². The van der Waals surface area contributed by atoms with Gasteiger partial charge in [-0.15, -0.1) is 0 Å².